The standard InChI is InChI=1S/C17H16N2O5/c1-11-8-15(19(22)23)6-7-16(11)24-10-17(21)18-14-5-3-4-13(9-14)12(2)20/h3-9H,10H2,1-2H3,(H,18,21). The van der Waals surface area contributed by atoms with Crippen LogP contribution in [-0.4, -0.2) is 23.2 Å². The minimum absolute atomic E-state index is 0.0367. The van der Waals surface area contributed by atoms with E-state index in [9.17, 15) is 19.7 Å². The van der Waals surface area contributed by atoms with Gasteiger partial charge in [0.1, 0.15) is 5.75 Å². The van der Waals surface area contributed by atoms with Gasteiger partial charge in [0, 0.05) is 23.4 Å². The molecule has 0 saturated carbocycles. The van der Waals surface area contributed by atoms with Crippen LogP contribution >= 0.6 is 0 Å². The van der Waals surface area contributed by atoms with Gasteiger partial charge in [-0.1, -0.05) is 12.1 Å². The van der Waals surface area contributed by atoms with E-state index in [1.54, 1.807) is 31.2 Å². The molecule has 2 rings (SSSR count). The van der Waals surface area contributed by atoms with Gasteiger partial charge in [0.15, 0.2) is 12.4 Å². The number of nitrogens with zero attached hydrogens (tertiary/aromatic N) is 1. The lowest BCUT2D eigenvalue weighted by atomic mass is 10.1. The summed E-state index contributed by atoms with van der Waals surface area (Å²) in [5, 5.41) is 13.3. The van der Waals surface area contributed by atoms with E-state index in [1.165, 1.54) is 25.1 Å². The third kappa shape index (κ3) is 4.39. The monoisotopic (exact) mass is 328 g/mol. The summed E-state index contributed by atoms with van der Waals surface area (Å²) in [5.74, 6) is -0.0921. The van der Waals surface area contributed by atoms with Crippen molar-refractivity contribution in [1.29, 1.82) is 0 Å². The number of benzene rings is 2. The van der Waals surface area contributed by atoms with E-state index >= 15 is 0 Å². The first kappa shape index (κ1) is 17.1. The smallest absolute Gasteiger partial charge is 0.269 e. The summed E-state index contributed by atoms with van der Waals surface area (Å²) < 4.78 is 5.38. The molecule has 0 aliphatic carbocycles. The number of Topliss-reactive ketones (excluding diaryl/α,β-unsaturated/α-hetero) is 1. The molecule has 7 nitrogen and oxygen atoms in total. The highest BCUT2D eigenvalue weighted by atomic mass is 16.6. The fraction of sp³-hybridized carbons (Fsp3) is 0.176. The van der Waals surface area contributed by atoms with E-state index in [-0.39, 0.29) is 18.1 Å². The molecule has 0 spiro atoms. The zero-order valence-corrected chi connectivity index (χ0v) is 13.2. The number of nitrogens with one attached hydrogen (secondary N) is 1. The number of anilines is 1. The van der Waals surface area contributed by atoms with Crippen LogP contribution in [0.2, 0.25) is 0 Å². The first-order valence-electron chi connectivity index (χ1n) is 7.15. The van der Waals surface area contributed by atoms with Gasteiger partial charge in [-0.05, 0) is 37.6 Å². The van der Waals surface area contributed by atoms with Crippen LogP contribution in [0.4, 0.5) is 11.4 Å². The Hall–Kier alpha value is -3.22. The van der Waals surface area contributed by atoms with Crippen LogP contribution in [0.5, 0.6) is 5.75 Å². The number of nitro groups is 1. The van der Waals surface area contributed by atoms with Crippen molar-refractivity contribution in [1.82, 2.24) is 0 Å². The summed E-state index contributed by atoms with van der Waals surface area (Å²) in [7, 11) is 0. The second kappa shape index (κ2) is 7.36. The van der Waals surface area contributed by atoms with Gasteiger partial charge < -0.3 is 10.1 Å². The van der Waals surface area contributed by atoms with Gasteiger partial charge in [0.25, 0.3) is 11.6 Å². The van der Waals surface area contributed by atoms with Crippen molar-refractivity contribution in [3.8, 4) is 5.75 Å². The van der Waals surface area contributed by atoms with Crippen LogP contribution in [0, 0.1) is 17.0 Å². The summed E-state index contributed by atoms with van der Waals surface area (Å²) in [6, 6.07) is 10.7. The van der Waals surface area contributed by atoms with Crippen LogP contribution < -0.4 is 10.1 Å². The molecule has 0 bridgehead atoms. The lowest BCUT2D eigenvalue weighted by Gasteiger charge is -2.10. The maximum absolute atomic E-state index is 11.9. The van der Waals surface area contributed by atoms with Crippen molar-refractivity contribution in [2.24, 2.45) is 0 Å². The first-order chi connectivity index (χ1) is 11.4. The zero-order chi connectivity index (χ0) is 17.7. The van der Waals surface area contributed by atoms with Gasteiger partial charge in [-0.25, -0.2) is 0 Å². The Labute approximate surface area is 138 Å². The SMILES string of the molecule is CC(=O)c1cccc(NC(=O)COc2ccc([N+](=O)[O-])cc2C)c1. The molecule has 0 aliphatic heterocycles. The molecule has 0 fully saturated rings. The van der Waals surface area contributed by atoms with Gasteiger partial charge >= 0.3 is 0 Å². The molecule has 0 saturated heterocycles. The molecule has 124 valence electrons. The highest BCUT2D eigenvalue weighted by molar-refractivity contribution is 5.97. The van der Waals surface area contributed by atoms with Crippen molar-refractivity contribution in [3.05, 3.63) is 63.7 Å². The topological polar surface area (TPSA) is 98.5 Å². The Morgan fingerprint density at radius 1 is 1.21 bits per heavy atom. The summed E-state index contributed by atoms with van der Waals surface area (Å²) in [4.78, 5) is 33.4. The van der Waals surface area contributed by atoms with E-state index < -0.39 is 10.8 Å². The predicted octanol–water partition coefficient (Wildman–Crippen LogP) is 3.12. The number of carbonyl (C=O) groups is 2. The number of amides is 1. The molecule has 24 heavy (non-hydrogen) atoms. The Balaban J connectivity index is 1.97. The van der Waals surface area contributed by atoms with Crippen LogP contribution in [-0.2, 0) is 4.79 Å². The minimum Gasteiger partial charge on any atom is -0.483 e. The second-order valence-electron chi connectivity index (χ2n) is 5.18. The van der Waals surface area contributed by atoms with Crippen molar-refractivity contribution < 1.29 is 19.2 Å². The molecule has 0 aliphatic rings. The second-order valence-corrected chi connectivity index (χ2v) is 5.18. The highest BCUT2D eigenvalue weighted by Gasteiger charge is 2.11. The third-order valence-electron chi connectivity index (χ3n) is 3.28. The van der Waals surface area contributed by atoms with E-state index in [1.807, 2.05) is 0 Å². The van der Waals surface area contributed by atoms with E-state index in [0.29, 0.717) is 22.6 Å². The average molecular weight is 328 g/mol. The lowest BCUT2D eigenvalue weighted by molar-refractivity contribution is -0.384. The molecular formula is C17H16N2O5. The Morgan fingerprint density at radius 2 is 1.96 bits per heavy atom. The molecule has 0 heterocycles. The Bertz CT molecular complexity index is 801. The molecule has 1 N–H and O–H groups in total. The van der Waals surface area contributed by atoms with Crippen molar-refractivity contribution >= 4 is 23.1 Å². The fourth-order valence-corrected chi connectivity index (χ4v) is 2.07. The van der Waals surface area contributed by atoms with Gasteiger partial charge in [0.05, 0.1) is 4.92 Å². The normalized spacial score (nSPS) is 10.1. The van der Waals surface area contributed by atoms with Crippen molar-refractivity contribution in [3.63, 3.8) is 0 Å². The summed E-state index contributed by atoms with van der Waals surface area (Å²) in [6.45, 7) is 2.86. The maximum Gasteiger partial charge on any atom is 0.269 e. The largest absolute Gasteiger partial charge is 0.483 e. The highest BCUT2D eigenvalue weighted by Crippen LogP contribution is 2.23. The molecule has 0 atom stereocenters. The van der Waals surface area contributed by atoms with Crippen LogP contribution in [0.3, 0.4) is 0 Å². The number of rotatable bonds is 6. The molecule has 0 radical (unpaired) electrons. The average Bonchev–Trinajstić information content (AvgIpc) is 2.53. The predicted molar refractivity (Wildman–Crippen MR) is 88.4 cm³/mol. The number of aryl methyl sites for hydroxylation is 1. The van der Waals surface area contributed by atoms with E-state index in [2.05, 4.69) is 5.32 Å². The lowest BCUT2D eigenvalue weighted by Crippen LogP contribution is -2.20. The number of nitro benzene ring substituents is 1. The molecule has 0 unspecified atom stereocenters. The number of hydrogen-bond donors (Lipinski definition) is 1. The van der Waals surface area contributed by atoms with Gasteiger partial charge in [-0.15, -0.1) is 0 Å². The first-order valence-corrected chi connectivity index (χ1v) is 7.15. The minimum atomic E-state index is -0.495. The molecule has 2 aromatic rings. The fourth-order valence-electron chi connectivity index (χ4n) is 2.07. The van der Waals surface area contributed by atoms with Crippen molar-refractivity contribution in [2.75, 3.05) is 11.9 Å². The Kier molecular flexibility index (Phi) is 5.26. The molecule has 1 amide bonds. The Morgan fingerprint density at radius 3 is 2.58 bits per heavy atom. The van der Waals surface area contributed by atoms with Crippen LogP contribution in [0.25, 0.3) is 0 Å². The molecule has 2 aromatic carbocycles. The summed E-state index contributed by atoms with van der Waals surface area (Å²) in [5.41, 5.74) is 1.53. The number of non-ortho nitro benzene ring substituents is 1. The molecule has 7 heteroatoms. The number of ketones is 1. The number of ether oxygens (including phenoxy) is 1. The van der Waals surface area contributed by atoms with Gasteiger partial charge in [-0.2, -0.15) is 0 Å². The summed E-state index contributed by atoms with van der Waals surface area (Å²) in [6.07, 6.45) is 0. The van der Waals surface area contributed by atoms with Crippen LogP contribution in [0.15, 0.2) is 42.5 Å². The van der Waals surface area contributed by atoms with Crippen LogP contribution in [0.1, 0.15) is 22.8 Å². The summed E-state index contributed by atoms with van der Waals surface area (Å²) >= 11 is 0. The number of carbonyl (C=O) groups excluding carboxylic acids is 2. The van der Waals surface area contributed by atoms with Gasteiger partial charge in [-0.3, -0.25) is 19.7 Å². The van der Waals surface area contributed by atoms with E-state index in [4.69, 9.17) is 4.74 Å². The molecular weight excluding hydrogens is 312 g/mol. The number of hydrogen-bond acceptors (Lipinski definition) is 5. The zero-order valence-electron chi connectivity index (χ0n) is 13.2. The quantitative estimate of drug-likeness (QED) is 0.499. The molecule has 0 aromatic heterocycles. The maximum atomic E-state index is 11.9. The third-order valence-corrected chi connectivity index (χ3v) is 3.28. The van der Waals surface area contributed by atoms with E-state index in [0.717, 1.165) is 0 Å². The van der Waals surface area contributed by atoms with Crippen molar-refractivity contribution in [2.45, 2.75) is 13.8 Å². The van der Waals surface area contributed by atoms with Gasteiger partial charge in [0.2, 0.25) is 0 Å².